The summed E-state index contributed by atoms with van der Waals surface area (Å²) in [5, 5.41) is 11.1. The van der Waals surface area contributed by atoms with Gasteiger partial charge in [-0.1, -0.05) is 24.3 Å². The predicted molar refractivity (Wildman–Crippen MR) is 132 cm³/mol. The largest absolute Gasteiger partial charge is 0.341 e. The number of thiophene rings is 1. The third kappa shape index (κ3) is 4.22. The number of aryl methyl sites for hydroxylation is 2. The Bertz CT molecular complexity index is 1440. The summed E-state index contributed by atoms with van der Waals surface area (Å²) < 4.78 is 3.61. The van der Waals surface area contributed by atoms with Crippen LogP contribution in [0.3, 0.4) is 0 Å². The molecular weight excluding hydrogens is 446 g/mol. The molecule has 5 aromatic rings. The van der Waals surface area contributed by atoms with Crippen LogP contribution in [0.25, 0.3) is 22.0 Å². The molecule has 0 saturated heterocycles. The number of hydrogen-bond acceptors (Lipinski definition) is 6. The second kappa shape index (κ2) is 9.18. The molecule has 0 N–H and O–H groups in total. The van der Waals surface area contributed by atoms with Crippen molar-refractivity contribution in [3.8, 4) is 16.3 Å². The zero-order valence-corrected chi connectivity index (χ0v) is 20.2. The molecule has 0 aliphatic rings. The molecule has 0 saturated carbocycles. The Morgan fingerprint density at radius 2 is 1.94 bits per heavy atom. The van der Waals surface area contributed by atoms with Crippen LogP contribution in [-0.4, -0.2) is 47.2 Å². The minimum atomic E-state index is 0.0714. The molecule has 5 rings (SSSR count). The third-order valence-electron chi connectivity index (χ3n) is 5.98. The van der Waals surface area contributed by atoms with Gasteiger partial charge >= 0.3 is 0 Å². The van der Waals surface area contributed by atoms with Crippen LogP contribution >= 0.6 is 11.3 Å². The van der Waals surface area contributed by atoms with E-state index in [-0.39, 0.29) is 5.91 Å². The van der Waals surface area contributed by atoms with Crippen LogP contribution in [0.1, 0.15) is 28.9 Å². The average Bonchev–Trinajstić information content (AvgIpc) is 3.60. The zero-order valence-electron chi connectivity index (χ0n) is 19.3. The lowest BCUT2D eigenvalue weighted by molar-refractivity contribution is -0.130. The first kappa shape index (κ1) is 22.0. The highest BCUT2D eigenvalue weighted by Gasteiger charge is 2.19. The summed E-state index contributed by atoms with van der Waals surface area (Å²) in [5.74, 6) is 0.654. The lowest BCUT2D eigenvalue weighted by Crippen LogP contribution is -2.26. The Balaban J connectivity index is 1.34. The number of carbonyl (C=O) groups is 1. The van der Waals surface area contributed by atoms with Gasteiger partial charge in [-0.05, 0) is 49.4 Å². The van der Waals surface area contributed by atoms with Crippen LogP contribution in [0.4, 0.5) is 0 Å². The number of carbonyl (C=O) groups excluding carboxylic acids is 1. The smallest absolute Gasteiger partial charge is 0.252 e. The van der Waals surface area contributed by atoms with Gasteiger partial charge in [0.15, 0.2) is 0 Å². The van der Waals surface area contributed by atoms with Crippen molar-refractivity contribution in [2.45, 2.75) is 33.2 Å². The SMILES string of the molecule is Cc1nc2ncnn2c(C)c1CCC(=O)N(C)Cc1cn(-c2ccccc2)nc1-c1cccs1. The number of amides is 1. The first-order chi connectivity index (χ1) is 16.5. The topological polar surface area (TPSA) is 81.2 Å². The van der Waals surface area contributed by atoms with Crippen LogP contribution in [0.15, 0.2) is 60.4 Å². The lowest BCUT2D eigenvalue weighted by atomic mass is 10.1. The van der Waals surface area contributed by atoms with E-state index in [9.17, 15) is 4.79 Å². The van der Waals surface area contributed by atoms with E-state index in [4.69, 9.17) is 5.10 Å². The van der Waals surface area contributed by atoms with Gasteiger partial charge in [0.2, 0.25) is 5.91 Å². The second-order valence-electron chi connectivity index (χ2n) is 8.24. The summed E-state index contributed by atoms with van der Waals surface area (Å²) in [6.45, 7) is 4.43. The maximum Gasteiger partial charge on any atom is 0.252 e. The number of para-hydroxylation sites is 1. The number of hydrogen-bond donors (Lipinski definition) is 0. The van der Waals surface area contributed by atoms with Gasteiger partial charge in [-0.25, -0.2) is 14.2 Å². The Labute approximate surface area is 201 Å². The van der Waals surface area contributed by atoms with E-state index in [2.05, 4.69) is 21.1 Å². The second-order valence-corrected chi connectivity index (χ2v) is 9.19. The van der Waals surface area contributed by atoms with Gasteiger partial charge < -0.3 is 4.90 Å². The predicted octanol–water partition coefficient (Wildman–Crippen LogP) is 4.25. The van der Waals surface area contributed by atoms with E-state index in [0.29, 0.717) is 25.2 Å². The summed E-state index contributed by atoms with van der Waals surface area (Å²) in [4.78, 5) is 24.6. The normalized spacial score (nSPS) is 11.3. The summed E-state index contributed by atoms with van der Waals surface area (Å²) in [6.07, 6.45) is 4.51. The van der Waals surface area contributed by atoms with Crippen LogP contribution in [0.2, 0.25) is 0 Å². The fraction of sp³-hybridized carbons (Fsp3) is 0.240. The van der Waals surface area contributed by atoms with Crippen molar-refractivity contribution < 1.29 is 4.79 Å². The van der Waals surface area contributed by atoms with E-state index in [1.165, 1.54) is 6.33 Å². The molecule has 0 fully saturated rings. The molecule has 0 aliphatic carbocycles. The lowest BCUT2D eigenvalue weighted by Gasteiger charge is -2.18. The molecular formula is C25H25N7OS. The highest BCUT2D eigenvalue weighted by Crippen LogP contribution is 2.28. The van der Waals surface area contributed by atoms with Gasteiger partial charge in [0.25, 0.3) is 5.78 Å². The minimum Gasteiger partial charge on any atom is -0.341 e. The highest BCUT2D eigenvalue weighted by molar-refractivity contribution is 7.13. The standard InChI is InChI=1S/C25H25N7OS/c1-17-21(18(2)32-25(28-17)26-16-27-32)11-12-23(33)30(3)14-19-15-31(20-8-5-4-6-9-20)29-24(19)22-10-7-13-34-22/h4-10,13,15-16H,11-12,14H2,1-3H3. The van der Waals surface area contributed by atoms with Gasteiger partial charge in [-0.2, -0.15) is 15.2 Å². The summed E-state index contributed by atoms with van der Waals surface area (Å²) in [6, 6.07) is 14.1. The molecule has 172 valence electrons. The average molecular weight is 472 g/mol. The van der Waals surface area contributed by atoms with E-state index < -0.39 is 0 Å². The Morgan fingerprint density at radius 3 is 2.71 bits per heavy atom. The Hall–Kier alpha value is -3.85. The molecule has 0 spiro atoms. The minimum absolute atomic E-state index is 0.0714. The fourth-order valence-corrected chi connectivity index (χ4v) is 4.89. The molecule has 0 aliphatic heterocycles. The molecule has 9 heteroatoms. The van der Waals surface area contributed by atoms with Crippen molar-refractivity contribution in [2.75, 3.05) is 7.05 Å². The van der Waals surface area contributed by atoms with Crippen molar-refractivity contribution in [3.05, 3.63) is 82.9 Å². The highest BCUT2D eigenvalue weighted by atomic mass is 32.1. The molecule has 0 atom stereocenters. The van der Waals surface area contributed by atoms with Gasteiger partial charge in [-0.15, -0.1) is 11.3 Å². The van der Waals surface area contributed by atoms with Crippen molar-refractivity contribution in [1.82, 2.24) is 34.3 Å². The summed E-state index contributed by atoms with van der Waals surface area (Å²) in [5.41, 5.74) is 5.81. The number of fused-ring (bicyclic) bond motifs is 1. The van der Waals surface area contributed by atoms with E-state index in [1.807, 2.05) is 73.6 Å². The molecule has 8 nitrogen and oxygen atoms in total. The molecule has 0 radical (unpaired) electrons. The van der Waals surface area contributed by atoms with Crippen molar-refractivity contribution in [2.24, 2.45) is 0 Å². The summed E-state index contributed by atoms with van der Waals surface area (Å²) in [7, 11) is 1.85. The fourth-order valence-electron chi connectivity index (χ4n) is 4.14. The van der Waals surface area contributed by atoms with Crippen molar-refractivity contribution >= 4 is 23.0 Å². The maximum absolute atomic E-state index is 13.1. The number of nitrogens with zero attached hydrogens (tertiary/aromatic N) is 7. The molecule has 34 heavy (non-hydrogen) atoms. The van der Waals surface area contributed by atoms with Crippen molar-refractivity contribution in [3.63, 3.8) is 0 Å². The van der Waals surface area contributed by atoms with Crippen LogP contribution in [0.5, 0.6) is 0 Å². The van der Waals surface area contributed by atoms with Gasteiger partial charge in [0, 0.05) is 43.2 Å². The van der Waals surface area contributed by atoms with Gasteiger partial charge in [0.05, 0.1) is 10.6 Å². The number of benzene rings is 1. The van der Waals surface area contributed by atoms with Crippen LogP contribution < -0.4 is 0 Å². The molecule has 1 aromatic carbocycles. The van der Waals surface area contributed by atoms with E-state index in [1.54, 1.807) is 20.8 Å². The molecule has 0 unspecified atom stereocenters. The third-order valence-corrected chi connectivity index (χ3v) is 6.85. The van der Waals surface area contributed by atoms with E-state index in [0.717, 1.165) is 38.8 Å². The number of aromatic nitrogens is 6. The molecule has 4 aromatic heterocycles. The van der Waals surface area contributed by atoms with E-state index >= 15 is 0 Å². The molecule has 0 bridgehead atoms. The van der Waals surface area contributed by atoms with Crippen LogP contribution in [0, 0.1) is 13.8 Å². The molecule has 1 amide bonds. The first-order valence-electron chi connectivity index (χ1n) is 11.1. The quantitative estimate of drug-likeness (QED) is 0.355. The van der Waals surface area contributed by atoms with Gasteiger partial charge in [0.1, 0.15) is 12.0 Å². The Kier molecular flexibility index (Phi) is 5.93. The Morgan fingerprint density at radius 1 is 1.12 bits per heavy atom. The van der Waals surface area contributed by atoms with Crippen LogP contribution in [-0.2, 0) is 17.8 Å². The summed E-state index contributed by atoms with van der Waals surface area (Å²) >= 11 is 1.65. The first-order valence-corrected chi connectivity index (χ1v) is 12.0. The van der Waals surface area contributed by atoms with Crippen molar-refractivity contribution in [1.29, 1.82) is 0 Å². The monoisotopic (exact) mass is 471 g/mol. The molecule has 4 heterocycles. The number of rotatable bonds is 7. The van der Waals surface area contributed by atoms with Gasteiger partial charge in [-0.3, -0.25) is 4.79 Å². The maximum atomic E-state index is 13.1. The zero-order chi connectivity index (χ0) is 23.7.